The van der Waals surface area contributed by atoms with Crippen molar-refractivity contribution in [3.05, 3.63) is 52.2 Å². The van der Waals surface area contributed by atoms with Crippen molar-refractivity contribution in [2.75, 3.05) is 38.3 Å². The summed E-state index contributed by atoms with van der Waals surface area (Å²) in [7, 11) is 1.71. The topological polar surface area (TPSA) is 59.1 Å². The van der Waals surface area contributed by atoms with E-state index in [-0.39, 0.29) is 11.8 Å². The summed E-state index contributed by atoms with van der Waals surface area (Å²) in [6.45, 7) is 2.39. The summed E-state index contributed by atoms with van der Waals surface area (Å²) in [4.78, 5) is 29.9. The second-order valence-electron chi connectivity index (χ2n) is 6.76. The summed E-state index contributed by atoms with van der Waals surface area (Å²) in [5.74, 6) is -0.692. The van der Waals surface area contributed by atoms with Gasteiger partial charge in [-0.2, -0.15) is 0 Å². The minimum Gasteiger partial charge on any atom is -0.347 e. The smallest absolute Gasteiger partial charge is 0.268 e. The number of para-hydroxylation sites is 1. The van der Waals surface area contributed by atoms with Gasteiger partial charge in [-0.05, 0) is 23.6 Å². The van der Waals surface area contributed by atoms with E-state index in [0.717, 1.165) is 0 Å². The fourth-order valence-electron chi connectivity index (χ4n) is 3.63. The van der Waals surface area contributed by atoms with Crippen molar-refractivity contribution in [3.63, 3.8) is 0 Å². The third-order valence-electron chi connectivity index (χ3n) is 5.16. The van der Waals surface area contributed by atoms with Gasteiger partial charge in [0, 0.05) is 33.0 Å². The van der Waals surface area contributed by atoms with E-state index in [1.165, 1.54) is 11.3 Å². The number of hydrogen-bond acceptors (Lipinski definition) is 5. The number of nitrogens with zero attached hydrogens (tertiary/aromatic N) is 2. The van der Waals surface area contributed by atoms with Crippen LogP contribution in [0, 0.1) is 0 Å². The van der Waals surface area contributed by atoms with Crippen molar-refractivity contribution in [2.24, 2.45) is 0 Å². The number of hydrogen-bond donors (Lipinski definition) is 0. The molecule has 2 aromatic rings. The fraction of sp³-hybridized carbons (Fsp3) is 0.400. The maximum absolute atomic E-state index is 13.1. The first-order valence-electron chi connectivity index (χ1n) is 9.07. The fourth-order valence-corrected chi connectivity index (χ4v) is 4.33. The Morgan fingerprint density at radius 2 is 1.78 bits per heavy atom. The highest BCUT2D eigenvalue weighted by molar-refractivity contribution is 7.12. The molecule has 27 heavy (non-hydrogen) atoms. The zero-order chi connectivity index (χ0) is 18.9. The summed E-state index contributed by atoms with van der Waals surface area (Å²) in [5, 5.41) is 1.87. The van der Waals surface area contributed by atoms with E-state index in [4.69, 9.17) is 9.47 Å². The van der Waals surface area contributed by atoms with Crippen LogP contribution >= 0.6 is 11.3 Å². The molecular formula is C20H22N2O4S. The Hall–Kier alpha value is -2.22. The lowest BCUT2D eigenvalue weighted by Crippen LogP contribution is -2.47. The van der Waals surface area contributed by atoms with Gasteiger partial charge < -0.3 is 19.3 Å². The van der Waals surface area contributed by atoms with Crippen molar-refractivity contribution in [3.8, 4) is 0 Å². The molecule has 1 aromatic heterocycles. The van der Waals surface area contributed by atoms with E-state index in [1.54, 1.807) is 24.1 Å². The Balaban J connectivity index is 1.52. The van der Waals surface area contributed by atoms with Crippen molar-refractivity contribution in [2.45, 2.75) is 18.6 Å². The minimum absolute atomic E-state index is 0.0655. The lowest BCUT2D eigenvalue weighted by Gasteiger charge is -2.38. The normalized spacial score (nSPS) is 18.6. The zero-order valence-electron chi connectivity index (χ0n) is 15.2. The highest BCUT2D eigenvalue weighted by atomic mass is 32.1. The first-order chi connectivity index (χ1) is 13.1. The monoisotopic (exact) mass is 386 g/mol. The highest BCUT2D eigenvalue weighted by Crippen LogP contribution is 2.32. The molecule has 0 unspecified atom stereocenters. The van der Waals surface area contributed by atoms with Crippen molar-refractivity contribution >= 4 is 28.8 Å². The van der Waals surface area contributed by atoms with E-state index >= 15 is 0 Å². The minimum atomic E-state index is -0.512. The number of carbonyl (C=O) groups excluding carboxylic acids is 2. The quantitative estimate of drug-likeness (QED) is 0.814. The van der Waals surface area contributed by atoms with E-state index in [0.29, 0.717) is 55.3 Å². The van der Waals surface area contributed by atoms with E-state index in [2.05, 4.69) is 0 Å². The summed E-state index contributed by atoms with van der Waals surface area (Å²) in [6.07, 6.45) is 1.34. The Kier molecular flexibility index (Phi) is 4.99. The second-order valence-corrected chi connectivity index (χ2v) is 7.71. The number of amides is 2. The average molecular weight is 386 g/mol. The Labute approximate surface area is 162 Å². The number of carbonyl (C=O) groups is 2. The van der Waals surface area contributed by atoms with Crippen LogP contribution in [0.2, 0.25) is 0 Å². The van der Waals surface area contributed by atoms with E-state index < -0.39 is 5.79 Å². The first kappa shape index (κ1) is 18.2. The molecule has 6 nitrogen and oxygen atoms in total. The van der Waals surface area contributed by atoms with Crippen molar-refractivity contribution < 1.29 is 19.1 Å². The molecule has 0 radical (unpaired) electrons. The molecule has 0 aliphatic carbocycles. The summed E-state index contributed by atoms with van der Waals surface area (Å²) in [6, 6.07) is 10.9. The van der Waals surface area contributed by atoms with Crippen molar-refractivity contribution in [1.29, 1.82) is 0 Å². The number of ether oxygens (including phenoxy) is 2. The molecule has 7 heteroatoms. The number of piperidine rings is 1. The standard InChI is InChI=1S/C20H22N2O4S/c1-21(19(24)17-7-4-14-27-17)16-6-3-2-5-15(16)18(23)22-10-8-20(9-11-22)25-12-13-26-20/h2-7,14H,8-13H2,1H3. The molecule has 0 saturated carbocycles. The van der Waals surface area contributed by atoms with Gasteiger partial charge in [0.05, 0.1) is 29.3 Å². The summed E-state index contributed by atoms with van der Waals surface area (Å²) < 4.78 is 11.5. The van der Waals surface area contributed by atoms with E-state index in [1.807, 2.05) is 34.5 Å². The van der Waals surface area contributed by atoms with Gasteiger partial charge in [0.1, 0.15) is 0 Å². The maximum atomic E-state index is 13.1. The van der Waals surface area contributed by atoms with Crippen LogP contribution in [0.25, 0.3) is 0 Å². The van der Waals surface area contributed by atoms with Gasteiger partial charge in [-0.25, -0.2) is 0 Å². The number of anilines is 1. The number of rotatable bonds is 3. The van der Waals surface area contributed by atoms with Gasteiger partial charge in [0.2, 0.25) is 0 Å². The molecule has 142 valence electrons. The van der Waals surface area contributed by atoms with Gasteiger partial charge in [0.15, 0.2) is 5.79 Å². The molecule has 1 aromatic carbocycles. The third-order valence-corrected chi connectivity index (χ3v) is 6.02. The van der Waals surface area contributed by atoms with Gasteiger partial charge in [-0.1, -0.05) is 18.2 Å². The second kappa shape index (κ2) is 7.42. The zero-order valence-corrected chi connectivity index (χ0v) is 16.0. The van der Waals surface area contributed by atoms with Crippen LogP contribution in [-0.2, 0) is 9.47 Å². The van der Waals surface area contributed by atoms with Gasteiger partial charge in [-0.3, -0.25) is 9.59 Å². The number of benzene rings is 1. The molecule has 0 atom stereocenters. The number of thiophene rings is 1. The van der Waals surface area contributed by atoms with Crippen LogP contribution in [0.5, 0.6) is 0 Å². The Morgan fingerprint density at radius 3 is 2.44 bits per heavy atom. The predicted octanol–water partition coefficient (Wildman–Crippen LogP) is 3.00. The first-order valence-corrected chi connectivity index (χ1v) is 9.95. The van der Waals surface area contributed by atoms with Crippen LogP contribution in [0.4, 0.5) is 5.69 Å². The molecular weight excluding hydrogens is 364 g/mol. The average Bonchev–Trinajstić information content (AvgIpc) is 3.40. The summed E-state index contributed by atoms with van der Waals surface area (Å²) >= 11 is 1.39. The molecule has 2 amide bonds. The predicted molar refractivity (Wildman–Crippen MR) is 103 cm³/mol. The molecule has 0 N–H and O–H groups in total. The lowest BCUT2D eigenvalue weighted by molar-refractivity contribution is -0.181. The Bertz CT molecular complexity index is 820. The summed E-state index contributed by atoms with van der Waals surface area (Å²) in [5.41, 5.74) is 1.16. The van der Waals surface area contributed by atoms with Crippen LogP contribution < -0.4 is 4.90 Å². The molecule has 0 bridgehead atoms. The SMILES string of the molecule is CN(C(=O)c1cccs1)c1ccccc1C(=O)N1CCC2(CC1)OCCO2. The molecule has 3 heterocycles. The van der Waals surface area contributed by atoms with Crippen LogP contribution in [0.1, 0.15) is 32.9 Å². The number of likely N-dealkylation sites (tertiary alicyclic amines) is 1. The maximum Gasteiger partial charge on any atom is 0.268 e. The molecule has 2 saturated heterocycles. The lowest BCUT2D eigenvalue weighted by atomic mass is 10.0. The Morgan fingerprint density at radius 1 is 1.07 bits per heavy atom. The van der Waals surface area contributed by atoms with Crippen LogP contribution in [0.15, 0.2) is 41.8 Å². The van der Waals surface area contributed by atoms with Gasteiger partial charge >= 0.3 is 0 Å². The molecule has 4 rings (SSSR count). The highest BCUT2D eigenvalue weighted by Gasteiger charge is 2.41. The largest absolute Gasteiger partial charge is 0.347 e. The van der Waals surface area contributed by atoms with Gasteiger partial charge in [-0.15, -0.1) is 11.3 Å². The van der Waals surface area contributed by atoms with Crippen LogP contribution in [-0.4, -0.2) is 55.9 Å². The third kappa shape index (κ3) is 3.50. The molecule has 2 fully saturated rings. The molecule has 2 aliphatic rings. The van der Waals surface area contributed by atoms with Crippen LogP contribution in [0.3, 0.4) is 0 Å². The molecule has 1 spiro atoms. The van der Waals surface area contributed by atoms with Crippen molar-refractivity contribution in [1.82, 2.24) is 4.90 Å². The van der Waals surface area contributed by atoms with E-state index in [9.17, 15) is 9.59 Å². The molecule has 2 aliphatic heterocycles. The van der Waals surface area contributed by atoms with Gasteiger partial charge in [0.25, 0.3) is 11.8 Å².